The van der Waals surface area contributed by atoms with Crippen LogP contribution in [0.2, 0.25) is 0 Å². The molecule has 7 nitrogen and oxygen atoms in total. The number of nitrogens with zero attached hydrogens (tertiary/aromatic N) is 3. The van der Waals surface area contributed by atoms with Crippen LogP contribution in [0.3, 0.4) is 0 Å². The molecule has 0 radical (unpaired) electrons. The summed E-state index contributed by atoms with van der Waals surface area (Å²) in [6.45, 7) is 1.81. The monoisotopic (exact) mass is 445 g/mol. The molecule has 0 aromatic carbocycles. The molecule has 0 aliphatic carbocycles. The van der Waals surface area contributed by atoms with Gasteiger partial charge in [-0.2, -0.15) is 0 Å². The number of aromatic nitrogens is 1. The summed E-state index contributed by atoms with van der Waals surface area (Å²) in [5, 5.41) is 6.01. The van der Waals surface area contributed by atoms with Crippen LogP contribution >= 0.6 is 24.0 Å². The summed E-state index contributed by atoms with van der Waals surface area (Å²) < 4.78 is 7.11. The molecule has 0 saturated heterocycles. The number of hydrogen-bond donors (Lipinski definition) is 2. The molecule has 0 unspecified atom stereocenters. The first kappa shape index (κ1) is 20.1. The van der Waals surface area contributed by atoms with Crippen molar-refractivity contribution < 1.29 is 9.21 Å². The third kappa shape index (κ3) is 5.59. The van der Waals surface area contributed by atoms with Crippen molar-refractivity contribution >= 4 is 35.8 Å². The standard InChI is InChI=1S/C16H23N5O2.HI/c1-17-16(21(3)12-13-6-4-10-20(13)2)19-9-8-18-15(22)14-7-5-11-23-14;/h4-7,10-11H,8-9,12H2,1-3H3,(H,17,19)(H,18,22);1H. The molecular weight excluding hydrogens is 421 g/mol. The number of halogens is 1. The number of aliphatic imine (C=N–C) groups is 1. The summed E-state index contributed by atoms with van der Waals surface area (Å²) in [5.41, 5.74) is 1.20. The van der Waals surface area contributed by atoms with Gasteiger partial charge in [-0.1, -0.05) is 0 Å². The molecule has 0 spiro atoms. The third-order valence-corrected chi connectivity index (χ3v) is 3.46. The van der Waals surface area contributed by atoms with Crippen molar-refractivity contribution in [1.29, 1.82) is 0 Å². The Bertz CT molecular complexity index is 651. The van der Waals surface area contributed by atoms with E-state index in [4.69, 9.17) is 4.42 Å². The Labute approximate surface area is 159 Å². The number of carbonyl (C=O) groups excluding carboxylic acids is 1. The number of carbonyl (C=O) groups is 1. The fourth-order valence-corrected chi connectivity index (χ4v) is 2.21. The molecule has 0 aliphatic rings. The van der Waals surface area contributed by atoms with Crippen molar-refractivity contribution in [3.05, 3.63) is 48.2 Å². The van der Waals surface area contributed by atoms with E-state index in [9.17, 15) is 4.79 Å². The quantitative estimate of drug-likeness (QED) is 0.307. The lowest BCUT2D eigenvalue weighted by Crippen LogP contribution is -2.42. The summed E-state index contributed by atoms with van der Waals surface area (Å²) in [6.07, 6.45) is 3.50. The fraction of sp³-hybridized carbons (Fsp3) is 0.375. The Hall–Kier alpha value is -1.97. The predicted molar refractivity (Wildman–Crippen MR) is 105 cm³/mol. The lowest BCUT2D eigenvalue weighted by atomic mass is 10.4. The first-order valence-corrected chi connectivity index (χ1v) is 7.45. The molecule has 0 saturated carbocycles. The molecular formula is C16H24IN5O2. The van der Waals surface area contributed by atoms with Gasteiger partial charge < -0.3 is 24.5 Å². The number of guanidine groups is 1. The fourth-order valence-electron chi connectivity index (χ4n) is 2.21. The van der Waals surface area contributed by atoms with Crippen LogP contribution < -0.4 is 10.6 Å². The van der Waals surface area contributed by atoms with Crippen LogP contribution in [0.25, 0.3) is 0 Å². The summed E-state index contributed by atoms with van der Waals surface area (Å²) in [7, 11) is 5.73. The van der Waals surface area contributed by atoms with E-state index in [0.717, 1.165) is 12.5 Å². The van der Waals surface area contributed by atoms with Gasteiger partial charge in [0.2, 0.25) is 0 Å². The molecule has 2 rings (SSSR count). The van der Waals surface area contributed by atoms with E-state index >= 15 is 0 Å². The zero-order valence-corrected chi connectivity index (χ0v) is 16.5. The first-order chi connectivity index (χ1) is 11.1. The van der Waals surface area contributed by atoms with Crippen LogP contribution in [0.15, 0.2) is 46.1 Å². The Morgan fingerprint density at radius 2 is 2.04 bits per heavy atom. The molecule has 2 aromatic heterocycles. The van der Waals surface area contributed by atoms with E-state index in [1.807, 2.05) is 31.3 Å². The largest absolute Gasteiger partial charge is 0.459 e. The normalized spacial score (nSPS) is 10.9. The van der Waals surface area contributed by atoms with E-state index in [0.29, 0.717) is 18.8 Å². The lowest BCUT2D eigenvalue weighted by molar-refractivity contribution is 0.0926. The maximum Gasteiger partial charge on any atom is 0.287 e. The average molecular weight is 445 g/mol. The number of hydrogen-bond acceptors (Lipinski definition) is 3. The van der Waals surface area contributed by atoms with E-state index < -0.39 is 0 Å². The number of furan rings is 1. The van der Waals surface area contributed by atoms with Crippen molar-refractivity contribution in [3.63, 3.8) is 0 Å². The number of rotatable bonds is 6. The summed E-state index contributed by atoms with van der Waals surface area (Å²) in [5.74, 6) is 0.873. The Morgan fingerprint density at radius 3 is 2.62 bits per heavy atom. The number of aryl methyl sites for hydroxylation is 1. The first-order valence-electron chi connectivity index (χ1n) is 7.45. The number of amides is 1. The Kier molecular flexibility index (Phi) is 8.37. The van der Waals surface area contributed by atoms with Crippen LogP contribution in [-0.4, -0.2) is 48.5 Å². The SMILES string of the molecule is CN=C(NCCNC(=O)c1ccco1)N(C)Cc1cccn1C.I. The predicted octanol–water partition coefficient (Wildman–Crippen LogP) is 1.67. The van der Waals surface area contributed by atoms with Gasteiger partial charge >= 0.3 is 0 Å². The minimum Gasteiger partial charge on any atom is -0.459 e. The molecule has 1 amide bonds. The molecule has 0 fully saturated rings. The second kappa shape index (κ2) is 10.0. The minimum absolute atomic E-state index is 0. The van der Waals surface area contributed by atoms with Gasteiger partial charge in [0.15, 0.2) is 11.7 Å². The molecule has 132 valence electrons. The lowest BCUT2D eigenvalue weighted by Gasteiger charge is -2.22. The Morgan fingerprint density at radius 1 is 1.29 bits per heavy atom. The summed E-state index contributed by atoms with van der Waals surface area (Å²) in [6, 6.07) is 7.42. The molecule has 0 aliphatic heterocycles. The maximum absolute atomic E-state index is 11.7. The van der Waals surface area contributed by atoms with Gasteiger partial charge in [-0.3, -0.25) is 9.79 Å². The highest BCUT2D eigenvalue weighted by atomic mass is 127. The van der Waals surface area contributed by atoms with Crippen molar-refractivity contribution in [2.45, 2.75) is 6.54 Å². The molecule has 24 heavy (non-hydrogen) atoms. The van der Waals surface area contributed by atoms with Gasteiger partial charge in [-0.05, 0) is 24.3 Å². The Balaban J connectivity index is 0.00000288. The van der Waals surface area contributed by atoms with E-state index in [-0.39, 0.29) is 29.9 Å². The zero-order valence-electron chi connectivity index (χ0n) is 14.2. The molecule has 2 aromatic rings. The van der Waals surface area contributed by atoms with E-state index in [1.54, 1.807) is 19.2 Å². The van der Waals surface area contributed by atoms with Crippen LogP contribution in [0.1, 0.15) is 16.2 Å². The number of nitrogens with one attached hydrogen (secondary N) is 2. The second-order valence-electron chi connectivity index (χ2n) is 5.17. The molecule has 8 heteroatoms. The zero-order chi connectivity index (χ0) is 16.7. The van der Waals surface area contributed by atoms with Gasteiger partial charge in [0, 0.05) is 46.1 Å². The molecule has 0 bridgehead atoms. The minimum atomic E-state index is -0.219. The summed E-state index contributed by atoms with van der Waals surface area (Å²) in [4.78, 5) is 18.0. The van der Waals surface area contributed by atoms with Crippen LogP contribution in [-0.2, 0) is 13.6 Å². The highest BCUT2D eigenvalue weighted by Gasteiger charge is 2.09. The van der Waals surface area contributed by atoms with Gasteiger partial charge in [0.1, 0.15) is 0 Å². The van der Waals surface area contributed by atoms with Crippen LogP contribution in [0.4, 0.5) is 0 Å². The van der Waals surface area contributed by atoms with Gasteiger partial charge in [0.25, 0.3) is 5.91 Å². The highest BCUT2D eigenvalue weighted by molar-refractivity contribution is 14.0. The molecule has 2 heterocycles. The molecule has 2 N–H and O–H groups in total. The topological polar surface area (TPSA) is 74.8 Å². The van der Waals surface area contributed by atoms with Gasteiger partial charge in [-0.25, -0.2) is 0 Å². The summed E-state index contributed by atoms with van der Waals surface area (Å²) >= 11 is 0. The van der Waals surface area contributed by atoms with Crippen molar-refractivity contribution in [3.8, 4) is 0 Å². The highest BCUT2D eigenvalue weighted by Crippen LogP contribution is 2.03. The van der Waals surface area contributed by atoms with E-state index in [2.05, 4.69) is 26.3 Å². The van der Waals surface area contributed by atoms with Crippen LogP contribution in [0.5, 0.6) is 0 Å². The average Bonchev–Trinajstić information content (AvgIpc) is 3.19. The molecule has 0 atom stereocenters. The van der Waals surface area contributed by atoms with Crippen molar-refractivity contribution in [1.82, 2.24) is 20.1 Å². The maximum atomic E-state index is 11.7. The van der Waals surface area contributed by atoms with Gasteiger partial charge in [0.05, 0.1) is 12.8 Å². The third-order valence-electron chi connectivity index (χ3n) is 3.46. The van der Waals surface area contributed by atoms with Gasteiger partial charge in [-0.15, -0.1) is 24.0 Å². The second-order valence-corrected chi connectivity index (χ2v) is 5.17. The van der Waals surface area contributed by atoms with E-state index in [1.165, 1.54) is 12.0 Å². The van der Waals surface area contributed by atoms with Crippen LogP contribution in [0, 0.1) is 0 Å². The van der Waals surface area contributed by atoms with Crippen molar-refractivity contribution in [2.75, 3.05) is 27.2 Å². The van der Waals surface area contributed by atoms with Crippen molar-refractivity contribution in [2.24, 2.45) is 12.0 Å². The smallest absolute Gasteiger partial charge is 0.287 e.